The van der Waals surface area contributed by atoms with Crippen LogP contribution in [0, 0.1) is 0 Å². The van der Waals surface area contributed by atoms with Gasteiger partial charge in [0.1, 0.15) is 4.75 Å². The van der Waals surface area contributed by atoms with Crippen LogP contribution in [0.2, 0.25) is 0 Å². The second kappa shape index (κ2) is 11.6. The highest BCUT2D eigenvalue weighted by Crippen LogP contribution is 2.34. The molecule has 8 nitrogen and oxygen atoms in total. The van der Waals surface area contributed by atoms with E-state index in [-0.39, 0.29) is 0 Å². The molecule has 4 aromatic rings. The van der Waals surface area contributed by atoms with Gasteiger partial charge < -0.3 is 10.0 Å². The Morgan fingerprint density at radius 2 is 1.75 bits per heavy atom. The van der Waals surface area contributed by atoms with E-state index in [0.29, 0.717) is 31.3 Å². The third kappa shape index (κ3) is 6.64. The molecule has 0 saturated carbocycles. The fraction of sp³-hybridized carbons (Fsp3) is 0.308. The van der Waals surface area contributed by atoms with Gasteiger partial charge in [-0.15, -0.1) is 11.3 Å². The minimum Gasteiger partial charge on any atom is -0.480 e. The predicted octanol–water partition coefficient (Wildman–Crippen LogP) is 5.16. The van der Waals surface area contributed by atoms with E-state index in [4.69, 9.17) is 0 Å². The lowest BCUT2D eigenvalue weighted by Crippen LogP contribution is -2.27. The molecule has 0 aliphatic rings. The normalized spacial score (nSPS) is 11.4. The topological polar surface area (TPSA) is 105 Å². The van der Waals surface area contributed by atoms with Gasteiger partial charge in [0.2, 0.25) is 5.95 Å². The molecule has 4 rings (SSSR count). The van der Waals surface area contributed by atoms with Crippen LogP contribution in [-0.2, 0) is 24.2 Å². The van der Waals surface area contributed by atoms with Gasteiger partial charge in [0.05, 0.1) is 5.69 Å². The molecule has 3 heterocycles. The number of hydrogen-bond donors (Lipinski definition) is 1. The molecule has 0 fully saturated rings. The highest BCUT2D eigenvalue weighted by Gasteiger charge is 2.29. The number of aryl methyl sites for hydroxylation is 1. The SMILES string of the molecule is CCc1cnc(N(CCc2csc(SC(C)(C)C(=O)O)n2)Cc2ccc(-c3ncccn3)cc2)nc1. The Kier molecular flexibility index (Phi) is 8.27. The molecule has 1 aromatic carbocycles. The molecule has 3 aromatic heterocycles. The van der Waals surface area contributed by atoms with Gasteiger partial charge in [-0.3, -0.25) is 4.79 Å². The van der Waals surface area contributed by atoms with Gasteiger partial charge in [0, 0.05) is 55.2 Å². The number of hydrogen-bond acceptors (Lipinski definition) is 9. The first-order valence-electron chi connectivity index (χ1n) is 11.6. The summed E-state index contributed by atoms with van der Waals surface area (Å²) in [6.45, 7) is 6.77. The van der Waals surface area contributed by atoms with E-state index < -0.39 is 10.7 Å². The second-order valence-corrected chi connectivity index (χ2v) is 11.4. The number of carboxylic acids is 1. The molecule has 10 heteroatoms. The molecule has 36 heavy (non-hydrogen) atoms. The highest BCUT2D eigenvalue weighted by molar-refractivity contribution is 8.03. The lowest BCUT2D eigenvalue weighted by Gasteiger charge is -2.22. The number of benzene rings is 1. The quantitative estimate of drug-likeness (QED) is 0.269. The predicted molar refractivity (Wildman–Crippen MR) is 143 cm³/mol. The zero-order valence-electron chi connectivity index (χ0n) is 20.5. The Morgan fingerprint density at radius 3 is 2.39 bits per heavy atom. The van der Waals surface area contributed by atoms with Crippen LogP contribution in [0.5, 0.6) is 0 Å². The number of anilines is 1. The van der Waals surface area contributed by atoms with E-state index in [1.807, 2.05) is 29.9 Å². The number of thiazole rings is 1. The standard InChI is InChI=1S/C26H28N6O2S2/c1-4-18-14-29-24(30-15-18)32(13-10-21-17-35-25(31-21)36-26(2,3)23(33)34)16-19-6-8-20(9-7-19)22-27-11-5-12-28-22/h5-9,11-12,14-15,17H,4,10,13,16H2,1-3H3,(H,33,34). The molecule has 0 unspecified atom stereocenters. The summed E-state index contributed by atoms with van der Waals surface area (Å²) < 4.78 is -0.168. The van der Waals surface area contributed by atoms with Crippen molar-refractivity contribution in [3.63, 3.8) is 0 Å². The minimum atomic E-state index is -0.924. The van der Waals surface area contributed by atoms with Crippen molar-refractivity contribution in [1.82, 2.24) is 24.9 Å². The molecular formula is C26H28N6O2S2. The molecule has 186 valence electrons. The summed E-state index contributed by atoms with van der Waals surface area (Å²) in [5, 5.41) is 11.4. The highest BCUT2D eigenvalue weighted by atomic mass is 32.2. The first kappa shape index (κ1) is 25.7. The third-order valence-corrected chi connectivity index (χ3v) is 7.73. The molecule has 0 amide bonds. The largest absolute Gasteiger partial charge is 0.480 e. The molecule has 0 spiro atoms. The first-order chi connectivity index (χ1) is 17.3. The van der Waals surface area contributed by atoms with Crippen molar-refractivity contribution in [3.05, 3.63) is 77.3 Å². The molecule has 1 N–H and O–H groups in total. The number of rotatable bonds is 11. The molecule has 0 aliphatic carbocycles. The Labute approximate surface area is 218 Å². The maximum absolute atomic E-state index is 11.5. The molecule has 0 saturated heterocycles. The summed E-state index contributed by atoms with van der Waals surface area (Å²) in [5.41, 5.74) is 4.10. The Bertz CT molecular complexity index is 1280. The minimum absolute atomic E-state index is 0.638. The van der Waals surface area contributed by atoms with Crippen LogP contribution < -0.4 is 4.90 Å². The summed E-state index contributed by atoms with van der Waals surface area (Å²) >= 11 is 2.75. The lowest BCUT2D eigenvalue weighted by molar-refractivity contribution is -0.138. The average molecular weight is 521 g/mol. The maximum atomic E-state index is 11.5. The number of aliphatic carboxylic acids is 1. The Morgan fingerprint density at radius 1 is 1.06 bits per heavy atom. The van der Waals surface area contributed by atoms with Gasteiger partial charge in [-0.2, -0.15) is 0 Å². The molecule has 0 aliphatic heterocycles. The van der Waals surface area contributed by atoms with Crippen molar-refractivity contribution in [2.24, 2.45) is 0 Å². The monoisotopic (exact) mass is 520 g/mol. The van der Waals surface area contributed by atoms with E-state index in [1.54, 1.807) is 32.3 Å². The van der Waals surface area contributed by atoms with E-state index in [9.17, 15) is 9.90 Å². The number of aromatic nitrogens is 5. The van der Waals surface area contributed by atoms with Crippen LogP contribution in [0.4, 0.5) is 5.95 Å². The summed E-state index contributed by atoms with van der Waals surface area (Å²) in [5.74, 6) is 0.509. The molecular weight excluding hydrogens is 492 g/mol. The fourth-order valence-electron chi connectivity index (χ4n) is 3.33. The average Bonchev–Trinajstić information content (AvgIpc) is 3.34. The van der Waals surface area contributed by atoms with Crippen molar-refractivity contribution in [2.75, 3.05) is 11.4 Å². The summed E-state index contributed by atoms with van der Waals surface area (Å²) in [4.78, 5) is 36.1. The van der Waals surface area contributed by atoms with Gasteiger partial charge in [-0.05, 0) is 37.5 Å². The Hall–Kier alpha value is -3.37. The number of thioether (sulfide) groups is 1. The number of carbonyl (C=O) groups is 1. The molecule has 0 bridgehead atoms. The first-order valence-corrected chi connectivity index (χ1v) is 13.3. The molecule has 0 atom stereocenters. The van der Waals surface area contributed by atoms with Gasteiger partial charge in [-0.1, -0.05) is 43.0 Å². The Balaban J connectivity index is 1.48. The van der Waals surface area contributed by atoms with Crippen LogP contribution >= 0.6 is 23.1 Å². The zero-order valence-corrected chi connectivity index (χ0v) is 22.1. The summed E-state index contributed by atoms with van der Waals surface area (Å²) in [6.07, 6.45) is 8.79. The van der Waals surface area contributed by atoms with Crippen LogP contribution in [0.3, 0.4) is 0 Å². The lowest BCUT2D eigenvalue weighted by atomic mass is 10.1. The van der Waals surface area contributed by atoms with Gasteiger partial charge >= 0.3 is 5.97 Å². The summed E-state index contributed by atoms with van der Waals surface area (Å²) in [6, 6.07) is 10.0. The van der Waals surface area contributed by atoms with Crippen molar-refractivity contribution < 1.29 is 9.90 Å². The molecule has 0 radical (unpaired) electrons. The van der Waals surface area contributed by atoms with Crippen LogP contribution in [0.25, 0.3) is 11.4 Å². The van der Waals surface area contributed by atoms with Crippen molar-refractivity contribution in [2.45, 2.75) is 49.2 Å². The second-order valence-electron chi connectivity index (χ2n) is 8.71. The number of carboxylic acid groups (broad SMARTS) is 1. The van der Waals surface area contributed by atoms with Gasteiger partial charge in [-0.25, -0.2) is 24.9 Å². The van der Waals surface area contributed by atoms with Crippen LogP contribution in [0.1, 0.15) is 37.6 Å². The van der Waals surface area contributed by atoms with Gasteiger partial charge in [0.15, 0.2) is 10.2 Å². The summed E-state index contributed by atoms with van der Waals surface area (Å²) in [7, 11) is 0. The van der Waals surface area contributed by atoms with E-state index in [2.05, 4.69) is 48.9 Å². The van der Waals surface area contributed by atoms with E-state index in [0.717, 1.165) is 33.1 Å². The number of nitrogens with zero attached hydrogens (tertiary/aromatic N) is 6. The fourth-order valence-corrected chi connectivity index (χ4v) is 5.56. The van der Waals surface area contributed by atoms with Crippen LogP contribution in [0.15, 0.2) is 64.8 Å². The van der Waals surface area contributed by atoms with Crippen molar-refractivity contribution in [1.29, 1.82) is 0 Å². The maximum Gasteiger partial charge on any atom is 0.319 e. The van der Waals surface area contributed by atoms with E-state index >= 15 is 0 Å². The van der Waals surface area contributed by atoms with Crippen LogP contribution in [-0.4, -0.2) is 47.3 Å². The smallest absolute Gasteiger partial charge is 0.319 e. The third-order valence-electron chi connectivity index (χ3n) is 5.56. The van der Waals surface area contributed by atoms with Gasteiger partial charge in [0.25, 0.3) is 0 Å². The van der Waals surface area contributed by atoms with E-state index in [1.165, 1.54) is 23.1 Å². The van der Waals surface area contributed by atoms with Crippen molar-refractivity contribution in [3.8, 4) is 11.4 Å². The zero-order chi connectivity index (χ0) is 25.5. The van der Waals surface area contributed by atoms with Crippen molar-refractivity contribution >= 4 is 35.0 Å².